The van der Waals surface area contributed by atoms with Crippen molar-refractivity contribution in [3.8, 4) is 0 Å². The third-order valence-corrected chi connectivity index (χ3v) is 7.04. The third-order valence-electron chi connectivity index (χ3n) is 5.34. The Hall–Kier alpha value is -1.41. The van der Waals surface area contributed by atoms with E-state index in [0.717, 1.165) is 6.42 Å². The number of rotatable bonds is 4. The molecule has 0 aromatic heterocycles. The van der Waals surface area contributed by atoms with E-state index in [1.54, 1.807) is 9.80 Å². The van der Waals surface area contributed by atoms with E-state index in [-0.39, 0.29) is 41.9 Å². The number of piperazine rings is 1. The fraction of sp³-hybridized carbons (Fsp3) is 0.765. The summed E-state index contributed by atoms with van der Waals surface area (Å²) in [5, 5.41) is 0. The molecule has 3 heterocycles. The number of allylic oxidation sites excluding steroid dienone is 1. The molecule has 0 aromatic carbocycles. The molecular formula is C17H27N3O4S. The van der Waals surface area contributed by atoms with Crippen LogP contribution in [0.1, 0.15) is 26.7 Å². The monoisotopic (exact) mass is 369 g/mol. The van der Waals surface area contributed by atoms with Crippen LogP contribution in [0.25, 0.3) is 0 Å². The predicted octanol–water partition coefficient (Wildman–Crippen LogP) is -0.115. The average Bonchev–Trinajstić information content (AvgIpc) is 3.06. The molecule has 3 saturated heterocycles. The van der Waals surface area contributed by atoms with Crippen LogP contribution >= 0.6 is 0 Å². The molecule has 0 aliphatic carbocycles. The summed E-state index contributed by atoms with van der Waals surface area (Å²) in [5.74, 6) is 0.0407. The van der Waals surface area contributed by atoms with Gasteiger partial charge in [-0.25, -0.2) is 8.42 Å². The zero-order valence-corrected chi connectivity index (χ0v) is 15.8. The molecule has 2 amide bonds. The molecule has 3 aliphatic heterocycles. The normalized spacial score (nSPS) is 29.0. The van der Waals surface area contributed by atoms with E-state index in [4.69, 9.17) is 0 Å². The zero-order chi connectivity index (χ0) is 18.2. The van der Waals surface area contributed by atoms with Gasteiger partial charge in [0.25, 0.3) is 0 Å². The second kappa shape index (κ2) is 7.07. The smallest absolute Gasteiger partial charge is 0.242 e. The van der Waals surface area contributed by atoms with Crippen LogP contribution in [0.3, 0.4) is 0 Å². The van der Waals surface area contributed by atoms with Gasteiger partial charge in [-0.15, -0.1) is 0 Å². The molecule has 140 valence electrons. The lowest BCUT2D eigenvalue weighted by molar-refractivity contribution is -0.142. The summed E-state index contributed by atoms with van der Waals surface area (Å²) in [5.41, 5.74) is 1.20. The summed E-state index contributed by atoms with van der Waals surface area (Å²) in [4.78, 5) is 30.0. The molecule has 2 atom stereocenters. The van der Waals surface area contributed by atoms with Crippen LogP contribution in [0.15, 0.2) is 11.6 Å². The number of likely N-dealkylation sites (tertiary alicyclic amines) is 1. The highest BCUT2D eigenvalue weighted by Crippen LogP contribution is 2.27. The highest BCUT2D eigenvalue weighted by atomic mass is 32.2. The molecule has 3 fully saturated rings. The van der Waals surface area contributed by atoms with Crippen molar-refractivity contribution in [2.45, 2.75) is 38.8 Å². The lowest BCUT2D eigenvalue weighted by Crippen LogP contribution is -2.61. The van der Waals surface area contributed by atoms with Gasteiger partial charge >= 0.3 is 0 Å². The number of fused-ring (bicyclic) bond motifs is 1. The number of sulfone groups is 1. The van der Waals surface area contributed by atoms with Crippen LogP contribution in [0, 0.1) is 0 Å². The van der Waals surface area contributed by atoms with Gasteiger partial charge in [-0.3, -0.25) is 14.5 Å². The summed E-state index contributed by atoms with van der Waals surface area (Å²) in [7, 11) is -3.14. The maximum absolute atomic E-state index is 12.7. The van der Waals surface area contributed by atoms with Crippen molar-refractivity contribution in [2.75, 3.05) is 44.2 Å². The second-order valence-electron chi connectivity index (χ2n) is 7.49. The minimum Gasteiger partial charge on any atom is -0.334 e. The first-order chi connectivity index (χ1) is 11.8. The van der Waals surface area contributed by atoms with Crippen LogP contribution in [0.4, 0.5) is 0 Å². The lowest BCUT2D eigenvalue weighted by Gasteiger charge is -2.44. The maximum Gasteiger partial charge on any atom is 0.242 e. The number of carbonyl (C=O) groups is 2. The van der Waals surface area contributed by atoms with E-state index in [9.17, 15) is 18.0 Å². The quantitative estimate of drug-likeness (QED) is 0.646. The predicted molar refractivity (Wildman–Crippen MR) is 94.8 cm³/mol. The van der Waals surface area contributed by atoms with Crippen molar-refractivity contribution in [1.29, 1.82) is 0 Å². The van der Waals surface area contributed by atoms with Gasteiger partial charge in [0.2, 0.25) is 11.8 Å². The molecule has 0 N–H and O–H groups in total. The first kappa shape index (κ1) is 18.4. The molecule has 0 saturated carbocycles. The second-order valence-corrected chi connectivity index (χ2v) is 9.65. The van der Waals surface area contributed by atoms with Gasteiger partial charge in [-0.2, -0.15) is 0 Å². The highest BCUT2D eigenvalue weighted by Gasteiger charge is 2.47. The van der Waals surface area contributed by atoms with E-state index in [2.05, 4.69) is 11.0 Å². The molecule has 3 aliphatic rings. The lowest BCUT2D eigenvalue weighted by atomic mass is 10.0. The Morgan fingerprint density at radius 1 is 1.16 bits per heavy atom. The molecule has 8 heteroatoms. The Balaban J connectivity index is 1.73. The highest BCUT2D eigenvalue weighted by molar-refractivity contribution is 7.91. The van der Waals surface area contributed by atoms with Gasteiger partial charge in [0.15, 0.2) is 9.84 Å². The van der Waals surface area contributed by atoms with Crippen LogP contribution < -0.4 is 0 Å². The van der Waals surface area contributed by atoms with Crippen LogP contribution in [0.2, 0.25) is 0 Å². The van der Waals surface area contributed by atoms with Gasteiger partial charge in [-0.1, -0.05) is 11.6 Å². The van der Waals surface area contributed by atoms with E-state index in [0.29, 0.717) is 32.6 Å². The summed E-state index contributed by atoms with van der Waals surface area (Å²) in [6, 6.07) is -0.443. The van der Waals surface area contributed by atoms with Crippen molar-refractivity contribution in [2.24, 2.45) is 0 Å². The fourth-order valence-electron chi connectivity index (χ4n) is 3.99. The molecule has 7 nitrogen and oxygen atoms in total. The summed E-state index contributed by atoms with van der Waals surface area (Å²) in [6.45, 7) is 6.65. The van der Waals surface area contributed by atoms with Crippen LogP contribution in [-0.4, -0.2) is 91.2 Å². The minimum absolute atomic E-state index is 0.0196. The van der Waals surface area contributed by atoms with E-state index >= 15 is 0 Å². The Kier molecular flexibility index (Phi) is 5.20. The maximum atomic E-state index is 12.7. The SMILES string of the molecule is CC(C)=CCN1CCN(C(=O)CN2CCCC2=O)[C@@H]2CS(=O)(=O)C[C@@H]21. The van der Waals surface area contributed by atoms with Gasteiger partial charge in [-0.05, 0) is 20.3 Å². The van der Waals surface area contributed by atoms with Crippen molar-refractivity contribution < 1.29 is 18.0 Å². The fourth-order valence-corrected chi connectivity index (χ4v) is 6.00. The Labute approximate surface area is 149 Å². The topological polar surface area (TPSA) is 78.0 Å². The van der Waals surface area contributed by atoms with Gasteiger partial charge in [0.05, 0.1) is 24.1 Å². The number of nitrogens with zero attached hydrogens (tertiary/aromatic N) is 3. The van der Waals surface area contributed by atoms with Crippen molar-refractivity contribution in [3.63, 3.8) is 0 Å². The van der Waals surface area contributed by atoms with Gasteiger partial charge in [0, 0.05) is 38.6 Å². The Morgan fingerprint density at radius 3 is 2.52 bits per heavy atom. The molecular weight excluding hydrogens is 342 g/mol. The largest absolute Gasteiger partial charge is 0.334 e. The molecule has 25 heavy (non-hydrogen) atoms. The Bertz CT molecular complexity index is 684. The summed E-state index contributed by atoms with van der Waals surface area (Å²) >= 11 is 0. The number of carbonyl (C=O) groups excluding carboxylic acids is 2. The van der Waals surface area contributed by atoms with E-state index in [1.807, 2.05) is 13.8 Å². The van der Waals surface area contributed by atoms with E-state index in [1.165, 1.54) is 5.57 Å². The third kappa shape index (κ3) is 4.06. The van der Waals surface area contributed by atoms with Crippen molar-refractivity contribution in [3.05, 3.63) is 11.6 Å². The molecule has 0 radical (unpaired) electrons. The van der Waals surface area contributed by atoms with Gasteiger partial charge in [0.1, 0.15) is 0 Å². The average molecular weight is 369 g/mol. The molecule has 0 aromatic rings. The van der Waals surface area contributed by atoms with E-state index < -0.39 is 9.84 Å². The van der Waals surface area contributed by atoms with Crippen LogP contribution in [0.5, 0.6) is 0 Å². The summed E-state index contributed by atoms with van der Waals surface area (Å²) in [6.07, 6.45) is 3.40. The minimum atomic E-state index is -3.14. The molecule has 0 unspecified atom stereocenters. The first-order valence-electron chi connectivity index (χ1n) is 8.92. The first-order valence-corrected chi connectivity index (χ1v) is 10.7. The zero-order valence-electron chi connectivity index (χ0n) is 15.0. The number of amides is 2. The van der Waals surface area contributed by atoms with Crippen molar-refractivity contribution in [1.82, 2.24) is 14.7 Å². The number of hydrogen-bond acceptors (Lipinski definition) is 5. The molecule has 0 spiro atoms. The standard InChI is InChI=1S/C17H27N3O4S/c1-13(2)5-7-18-8-9-20(15-12-25(23,24)11-14(15)18)17(22)10-19-6-3-4-16(19)21/h5,14-15H,3-4,6-12H2,1-2H3/t14-,15+/m0/s1. The molecule has 0 bridgehead atoms. The van der Waals surface area contributed by atoms with Crippen molar-refractivity contribution >= 4 is 21.7 Å². The Morgan fingerprint density at radius 2 is 1.88 bits per heavy atom. The van der Waals surface area contributed by atoms with Crippen LogP contribution in [-0.2, 0) is 19.4 Å². The number of hydrogen-bond donors (Lipinski definition) is 0. The molecule has 3 rings (SSSR count). The summed E-state index contributed by atoms with van der Waals surface area (Å²) < 4.78 is 24.4. The van der Waals surface area contributed by atoms with Gasteiger partial charge < -0.3 is 9.80 Å².